The van der Waals surface area contributed by atoms with Gasteiger partial charge in [-0.1, -0.05) is 62.2 Å². The lowest BCUT2D eigenvalue weighted by Crippen LogP contribution is -2.45. The number of alkyl halides is 2. The lowest BCUT2D eigenvalue weighted by molar-refractivity contribution is -0.139. The Labute approximate surface area is 162 Å². The number of ether oxygens (including phenoxy) is 1. The first-order valence-corrected chi connectivity index (χ1v) is 10.6. The first-order chi connectivity index (χ1) is 11.6. The summed E-state index contributed by atoms with van der Waals surface area (Å²) in [4.78, 5) is 15.6. The fourth-order valence-corrected chi connectivity index (χ4v) is 4.66. The van der Waals surface area contributed by atoms with Crippen molar-refractivity contribution in [1.29, 1.82) is 0 Å². The van der Waals surface area contributed by atoms with E-state index in [1.165, 1.54) is 5.56 Å². The molecule has 0 aliphatic heterocycles. The van der Waals surface area contributed by atoms with E-state index < -0.39 is 0 Å². The van der Waals surface area contributed by atoms with Crippen molar-refractivity contribution in [3.8, 4) is 0 Å². The molecule has 1 aromatic carbocycles. The summed E-state index contributed by atoms with van der Waals surface area (Å²) in [7, 11) is 0. The van der Waals surface area contributed by atoms with Crippen molar-refractivity contribution >= 4 is 37.8 Å². The number of carbonyl (C=O) groups excluding carboxylic acids is 1. The maximum Gasteiger partial charge on any atom is 0.226 e. The summed E-state index contributed by atoms with van der Waals surface area (Å²) in [6.45, 7) is 6.87. The fraction of sp³-hybridized carbons (Fsp3) is 0.632. The number of rotatable bonds is 7. The molecule has 0 radical (unpaired) electrons. The fourth-order valence-electron chi connectivity index (χ4n) is 3.34. The minimum Gasteiger partial charge on any atom is -0.376 e. The van der Waals surface area contributed by atoms with Crippen LogP contribution in [0.1, 0.15) is 32.3 Å². The Morgan fingerprint density at radius 1 is 1.12 bits per heavy atom. The molecular formula is C19H27Br2NO2. The van der Waals surface area contributed by atoms with Crippen molar-refractivity contribution in [2.45, 2.75) is 43.0 Å². The molecule has 1 amide bonds. The summed E-state index contributed by atoms with van der Waals surface area (Å²) >= 11 is 7.48. The number of hydrogen-bond donors (Lipinski definition) is 0. The van der Waals surface area contributed by atoms with Gasteiger partial charge in [0.05, 0.1) is 13.2 Å². The molecule has 1 aromatic rings. The van der Waals surface area contributed by atoms with Crippen LogP contribution in [0.4, 0.5) is 0 Å². The molecule has 0 spiro atoms. The van der Waals surface area contributed by atoms with Crippen molar-refractivity contribution in [2.75, 3.05) is 19.7 Å². The van der Waals surface area contributed by atoms with Gasteiger partial charge in [-0.15, -0.1) is 0 Å². The Hall–Kier alpha value is -0.390. The van der Waals surface area contributed by atoms with Crippen LogP contribution in [0.3, 0.4) is 0 Å². The number of amides is 1. The number of nitrogens with zero attached hydrogens (tertiary/aromatic N) is 1. The van der Waals surface area contributed by atoms with Crippen LogP contribution in [0.2, 0.25) is 0 Å². The summed E-state index contributed by atoms with van der Waals surface area (Å²) in [6, 6.07) is 10.2. The Kier molecular flexibility index (Phi) is 8.24. The monoisotopic (exact) mass is 459 g/mol. The van der Waals surface area contributed by atoms with E-state index in [0.29, 0.717) is 22.9 Å². The Morgan fingerprint density at radius 3 is 2.38 bits per heavy atom. The molecule has 1 fully saturated rings. The molecule has 0 aromatic heterocycles. The van der Waals surface area contributed by atoms with Crippen molar-refractivity contribution < 1.29 is 9.53 Å². The van der Waals surface area contributed by atoms with Gasteiger partial charge in [-0.3, -0.25) is 4.79 Å². The van der Waals surface area contributed by atoms with Gasteiger partial charge in [-0.2, -0.15) is 0 Å². The summed E-state index contributed by atoms with van der Waals surface area (Å²) in [5.41, 5.74) is 1.17. The second-order valence-electron chi connectivity index (χ2n) is 6.38. The molecule has 2 rings (SSSR count). The van der Waals surface area contributed by atoms with Crippen molar-refractivity contribution in [3.05, 3.63) is 35.9 Å². The number of halogens is 2. The van der Waals surface area contributed by atoms with Crippen LogP contribution in [0, 0.1) is 11.8 Å². The standard InChI is InChI=1S/C19H27Br2NO2/c1-3-22(4-2)19(23)16-11-18(21)17(20)10-15(16)13-24-12-14-8-6-5-7-9-14/h5-9,15-18H,3-4,10-13H2,1-2H3/t15-,16-,17?,18?/m1/s1. The van der Waals surface area contributed by atoms with E-state index in [0.717, 1.165) is 25.9 Å². The number of hydrogen-bond acceptors (Lipinski definition) is 2. The Balaban J connectivity index is 1.98. The van der Waals surface area contributed by atoms with Crippen molar-refractivity contribution in [3.63, 3.8) is 0 Å². The Bertz CT molecular complexity index is 507. The molecular weight excluding hydrogens is 434 g/mol. The number of carbonyl (C=O) groups is 1. The molecule has 24 heavy (non-hydrogen) atoms. The molecule has 1 aliphatic rings. The highest BCUT2D eigenvalue weighted by Crippen LogP contribution is 2.39. The largest absolute Gasteiger partial charge is 0.376 e. The van der Waals surface area contributed by atoms with Crippen LogP contribution in [0.15, 0.2) is 30.3 Å². The van der Waals surface area contributed by atoms with Crippen LogP contribution < -0.4 is 0 Å². The second kappa shape index (κ2) is 9.93. The lowest BCUT2D eigenvalue weighted by atomic mass is 9.78. The molecule has 0 N–H and O–H groups in total. The molecule has 2 unspecified atom stereocenters. The smallest absolute Gasteiger partial charge is 0.226 e. The molecule has 0 heterocycles. The third-order valence-corrected chi connectivity index (χ3v) is 7.54. The zero-order valence-corrected chi connectivity index (χ0v) is 17.6. The topological polar surface area (TPSA) is 29.5 Å². The summed E-state index contributed by atoms with van der Waals surface area (Å²) < 4.78 is 5.96. The van der Waals surface area contributed by atoms with Gasteiger partial charge in [0.15, 0.2) is 0 Å². The summed E-state index contributed by atoms with van der Waals surface area (Å²) in [5.74, 6) is 0.580. The highest BCUT2D eigenvalue weighted by molar-refractivity contribution is 9.12. The van der Waals surface area contributed by atoms with Gasteiger partial charge in [0.1, 0.15) is 0 Å². The normalized spacial score (nSPS) is 27.0. The molecule has 4 atom stereocenters. The summed E-state index contributed by atoms with van der Waals surface area (Å²) in [6.07, 6.45) is 1.83. The van der Waals surface area contributed by atoms with Crippen LogP contribution in [-0.2, 0) is 16.1 Å². The quantitative estimate of drug-likeness (QED) is 0.555. The zero-order chi connectivity index (χ0) is 17.5. The molecule has 3 nitrogen and oxygen atoms in total. The predicted octanol–water partition coefficient (Wildman–Crippen LogP) is 4.62. The number of benzene rings is 1. The van der Waals surface area contributed by atoms with E-state index in [1.807, 2.05) is 36.9 Å². The second-order valence-corrected chi connectivity index (χ2v) is 8.73. The minimum atomic E-state index is 0.0406. The van der Waals surface area contributed by atoms with Gasteiger partial charge < -0.3 is 9.64 Å². The van der Waals surface area contributed by atoms with Gasteiger partial charge in [0.25, 0.3) is 0 Å². The highest BCUT2D eigenvalue weighted by atomic mass is 79.9. The van der Waals surface area contributed by atoms with Crippen LogP contribution in [0.25, 0.3) is 0 Å². The van der Waals surface area contributed by atoms with Gasteiger partial charge in [0, 0.05) is 28.7 Å². The molecule has 1 saturated carbocycles. The average molecular weight is 461 g/mol. The molecule has 1 aliphatic carbocycles. The van der Waals surface area contributed by atoms with E-state index in [4.69, 9.17) is 4.74 Å². The van der Waals surface area contributed by atoms with E-state index >= 15 is 0 Å². The van der Waals surface area contributed by atoms with Gasteiger partial charge in [-0.25, -0.2) is 0 Å². The SMILES string of the molecule is CCN(CC)C(=O)[C@@H]1CC(Br)C(Br)C[C@@H]1COCc1ccccc1. The van der Waals surface area contributed by atoms with E-state index in [-0.39, 0.29) is 17.7 Å². The van der Waals surface area contributed by atoms with Crippen molar-refractivity contribution in [1.82, 2.24) is 4.90 Å². The maximum atomic E-state index is 12.9. The first-order valence-electron chi connectivity index (χ1n) is 8.75. The summed E-state index contributed by atoms with van der Waals surface area (Å²) in [5, 5.41) is 0. The van der Waals surface area contributed by atoms with Crippen LogP contribution in [-0.4, -0.2) is 40.2 Å². The Morgan fingerprint density at radius 2 is 1.75 bits per heavy atom. The molecule has 0 saturated heterocycles. The predicted molar refractivity (Wildman–Crippen MR) is 106 cm³/mol. The molecule has 0 bridgehead atoms. The zero-order valence-electron chi connectivity index (χ0n) is 14.5. The van der Waals surface area contributed by atoms with E-state index in [9.17, 15) is 4.79 Å². The van der Waals surface area contributed by atoms with E-state index in [2.05, 4.69) is 44.0 Å². The average Bonchev–Trinajstić information content (AvgIpc) is 2.59. The molecule has 5 heteroatoms. The van der Waals surface area contributed by atoms with Crippen LogP contribution >= 0.6 is 31.9 Å². The third-order valence-electron chi connectivity index (χ3n) is 4.80. The highest BCUT2D eigenvalue weighted by Gasteiger charge is 2.40. The van der Waals surface area contributed by atoms with Gasteiger partial charge >= 0.3 is 0 Å². The lowest BCUT2D eigenvalue weighted by Gasteiger charge is -2.38. The minimum absolute atomic E-state index is 0.0406. The van der Waals surface area contributed by atoms with E-state index in [1.54, 1.807) is 0 Å². The third kappa shape index (κ3) is 5.30. The van der Waals surface area contributed by atoms with Gasteiger partial charge in [-0.05, 0) is 38.2 Å². The van der Waals surface area contributed by atoms with Crippen LogP contribution in [0.5, 0.6) is 0 Å². The maximum absolute atomic E-state index is 12.9. The first kappa shape index (κ1) is 19.9. The van der Waals surface area contributed by atoms with Gasteiger partial charge in [0.2, 0.25) is 5.91 Å². The molecule has 134 valence electrons. The van der Waals surface area contributed by atoms with Crippen molar-refractivity contribution in [2.24, 2.45) is 11.8 Å².